The van der Waals surface area contributed by atoms with E-state index in [-0.39, 0.29) is 0 Å². The number of nitrogens with zero attached hydrogens (tertiary/aromatic N) is 3. The molecule has 3 aromatic heterocycles. The first-order chi connectivity index (χ1) is 21.2. The van der Waals surface area contributed by atoms with Gasteiger partial charge >= 0.3 is 0 Å². The Bertz CT molecular complexity index is 2530. The van der Waals surface area contributed by atoms with Crippen LogP contribution in [0.2, 0.25) is 5.02 Å². The maximum Gasteiger partial charge on any atom is 0.180 e. The summed E-state index contributed by atoms with van der Waals surface area (Å²) in [5, 5.41) is 6.35. The van der Waals surface area contributed by atoms with Gasteiger partial charge in [-0.05, 0) is 59.3 Å². The van der Waals surface area contributed by atoms with E-state index in [1.807, 2.05) is 60.7 Å². The summed E-state index contributed by atoms with van der Waals surface area (Å²) < 4.78 is 8.62. The topological polar surface area (TPSA) is 43.9 Å². The van der Waals surface area contributed by atoms with Crippen LogP contribution in [0.15, 0.2) is 138 Å². The quantitative estimate of drug-likeness (QED) is 0.212. The van der Waals surface area contributed by atoms with Crippen LogP contribution >= 0.6 is 11.6 Å². The molecule has 0 aliphatic heterocycles. The summed E-state index contributed by atoms with van der Waals surface area (Å²) >= 11 is 6.94. The molecule has 0 atom stereocenters. The average molecular weight is 572 g/mol. The van der Waals surface area contributed by atoms with Gasteiger partial charge in [-0.2, -0.15) is 0 Å². The molecule has 0 amide bonds. The van der Waals surface area contributed by atoms with E-state index in [0.29, 0.717) is 16.4 Å². The van der Waals surface area contributed by atoms with Crippen molar-refractivity contribution in [1.82, 2.24) is 14.5 Å². The fraction of sp³-hybridized carbons (Fsp3) is 0. The van der Waals surface area contributed by atoms with Crippen molar-refractivity contribution < 1.29 is 4.42 Å². The highest BCUT2D eigenvalue weighted by molar-refractivity contribution is 6.33. The number of hydrogen-bond acceptors (Lipinski definition) is 3. The average Bonchev–Trinajstić information content (AvgIpc) is 3.59. The van der Waals surface area contributed by atoms with Gasteiger partial charge in [-0.3, -0.25) is 0 Å². The molecule has 0 radical (unpaired) electrons. The highest BCUT2D eigenvalue weighted by atomic mass is 35.5. The molecule has 43 heavy (non-hydrogen) atoms. The number of furan rings is 1. The molecule has 0 saturated heterocycles. The zero-order valence-corrected chi connectivity index (χ0v) is 23.6. The molecular weight excluding hydrogens is 550 g/mol. The summed E-state index contributed by atoms with van der Waals surface area (Å²) in [6, 6.07) is 45.7. The van der Waals surface area contributed by atoms with Gasteiger partial charge in [-0.25, -0.2) is 9.97 Å². The third-order valence-corrected chi connectivity index (χ3v) is 8.59. The Hall–Kier alpha value is -5.45. The Labute approximate surface area is 251 Å². The lowest BCUT2D eigenvalue weighted by Gasteiger charge is -2.12. The number of aromatic nitrogens is 3. The van der Waals surface area contributed by atoms with Crippen LogP contribution in [0, 0.1) is 0 Å². The largest absolute Gasteiger partial charge is 0.452 e. The zero-order chi connectivity index (χ0) is 28.5. The maximum absolute atomic E-state index is 6.94. The van der Waals surface area contributed by atoms with Crippen LogP contribution in [0.25, 0.3) is 83.0 Å². The third kappa shape index (κ3) is 3.70. The Kier molecular flexibility index (Phi) is 5.22. The van der Waals surface area contributed by atoms with Crippen LogP contribution in [0.5, 0.6) is 0 Å². The Morgan fingerprint density at radius 2 is 1.30 bits per heavy atom. The SMILES string of the molecule is Clc1ccc(-n2c3ccccc3c3cc4ccccc4cc32)cc1-c1nc(-c2ccccc2)c2oc3ccccc3c2n1. The molecular formula is C38H22ClN3O. The van der Waals surface area contributed by atoms with E-state index in [9.17, 15) is 0 Å². The predicted octanol–water partition coefficient (Wildman–Crippen LogP) is 10.6. The molecule has 4 nitrogen and oxygen atoms in total. The van der Waals surface area contributed by atoms with Crippen LogP contribution in [0.4, 0.5) is 0 Å². The summed E-state index contributed by atoms with van der Waals surface area (Å²) in [6.45, 7) is 0. The minimum absolute atomic E-state index is 0.552. The number of rotatable bonds is 3. The van der Waals surface area contributed by atoms with Gasteiger partial charge in [0.05, 0.1) is 16.1 Å². The van der Waals surface area contributed by atoms with Gasteiger partial charge in [0.2, 0.25) is 0 Å². The van der Waals surface area contributed by atoms with E-state index < -0.39 is 0 Å². The zero-order valence-electron chi connectivity index (χ0n) is 22.8. The summed E-state index contributed by atoms with van der Waals surface area (Å²) in [7, 11) is 0. The summed E-state index contributed by atoms with van der Waals surface area (Å²) in [5.41, 5.74) is 7.91. The Balaban J connectivity index is 1.33. The van der Waals surface area contributed by atoms with E-state index in [0.717, 1.165) is 50.0 Å². The number of halogens is 1. The molecule has 6 aromatic carbocycles. The molecule has 202 valence electrons. The molecule has 0 unspecified atom stereocenters. The lowest BCUT2D eigenvalue weighted by Crippen LogP contribution is -1.98. The number of fused-ring (bicyclic) bond motifs is 7. The first-order valence-corrected chi connectivity index (χ1v) is 14.6. The van der Waals surface area contributed by atoms with Gasteiger partial charge in [0, 0.05) is 33.0 Å². The predicted molar refractivity (Wildman–Crippen MR) is 177 cm³/mol. The second-order valence-corrected chi connectivity index (χ2v) is 11.2. The smallest absolute Gasteiger partial charge is 0.180 e. The fourth-order valence-corrected chi connectivity index (χ4v) is 6.46. The summed E-state index contributed by atoms with van der Waals surface area (Å²) in [6.07, 6.45) is 0. The molecule has 0 N–H and O–H groups in total. The van der Waals surface area contributed by atoms with Crippen LogP contribution in [-0.2, 0) is 0 Å². The molecule has 0 aliphatic carbocycles. The molecule has 5 heteroatoms. The first-order valence-electron chi connectivity index (χ1n) is 14.2. The first kappa shape index (κ1) is 24.2. The van der Waals surface area contributed by atoms with Crippen molar-refractivity contribution in [2.75, 3.05) is 0 Å². The standard InChI is InChI=1S/C38H22ClN3O/c39-31-19-18-26(42-32-16-8-6-14-27(32)29-20-24-12-4-5-13-25(24)21-33(29)42)22-30(31)38-40-35(23-10-2-1-3-11-23)37-36(41-38)28-15-7-9-17-34(28)43-37/h1-22H. The van der Waals surface area contributed by atoms with Crippen molar-refractivity contribution in [3.05, 3.63) is 138 Å². The van der Waals surface area contributed by atoms with Crippen molar-refractivity contribution in [1.29, 1.82) is 0 Å². The number of benzene rings is 6. The molecule has 3 heterocycles. The lowest BCUT2D eigenvalue weighted by atomic mass is 10.1. The van der Waals surface area contributed by atoms with Gasteiger partial charge < -0.3 is 8.98 Å². The second kappa shape index (κ2) is 9.28. The van der Waals surface area contributed by atoms with Gasteiger partial charge in [-0.1, -0.05) is 96.5 Å². The molecule has 9 rings (SSSR count). The fourth-order valence-electron chi connectivity index (χ4n) is 6.26. The Morgan fingerprint density at radius 3 is 2.16 bits per heavy atom. The van der Waals surface area contributed by atoms with Crippen LogP contribution in [0.1, 0.15) is 0 Å². The van der Waals surface area contributed by atoms with Gasteiger partial charge in [0.1, 0.15) is 16.8 Å². The number of para-hydroxylation sites is 2. The lowest BCUT2D eigenvalue weighted by molar-refractivity contribution is 0.667. The van der Waals surface area contributed by atoms with Crippen molar-refractivity contribution in [2.45, 2.75) is 0 Å². The second-order valence-electron chi connectivity index (χ2n) is 10.8. The minimum atomic E-state index is 0.552. The highest BCUT2D eigenvalue weighted by Crippen LogP contribution is 2.39. The van der Waals surface area contributed by atoms with Crippen molar-refractivity contribution in [3.8, 4) is 28.3 Å². The minimum Gasteiger partial charge on any atom is -0.452 e. The van der Waals surface area contributed by atoms with E-state index in [2.05, 4.69) is 77.4 Å². The third-order valence-electron chi connectivity index (χ3n) is 8.26. The van der Waals surface area contributed by atoms with Gasteiger partial charge in [0.15, 0.2) is 11.4 Å². The molecule has 0 aliphatic rings. The van der Waals surface area contributed by atoms with E-state index in [1.165, 1.54) is 21.5 Å². The summed E-state index contributed by atoms with van der Waals surface area (Å²) in [5.74, 6) is 0.552. The molecule has 9 aromatic rings. The normalized spacial score (nSPS) is 11.8. The van der Waals surface area contributed by atoms with Crippen molar-refractivity contribution in [3.63, 3.8) is 0 Å². The maximum atomic E-state index is 6.94. The Morgan fingerprint density at radius 1 is 0.581 bits per heavy atom. The van der Waals surface area contributed by atoms with Crippen molar-refractivity contribution >= 4 is 66.2 Å². The van der Waals surface area contributed by atoms with E-state index in [1.54, 1.807) is 0 Å². The highest BCUT2D eigenvalue weighted by Gasteiger charge is 2.20. The molecule has 0 fully saturated rings. The molecule has 0 bridgehead atoms. The van der Waals surface area contributed by atoms with Gasteiger partial charge in [0.25, 0.3) is 0 Å². The summed E-state index contributed by atoms with van der Waals surface area (Å²) in [4.78, 5) is 10.2. The van der Waals surface area contributed by atoms with Crippen LogP contribution in [0.3, 0.4) is 0 Å². The van der Waals surface area contributed by atoms with E-state index >= 15 is 0 Å². The van der Waals surface area contributed by atoms with Crippen molar-refractivity contribution in [2.24, 2.45) is 0 Å². The monoisotopic (exact) mass is 571 g/mol. The van der Waals surface area contributed by atoms with Gasteiger partial charge in [-0.15, -0.1) is 0 Å². The van der Waals surface area contributed by atoms with Crippen LogP contribution < -0.4 is 0 Å². The molecule has 0 spiro atoms. The van der Waals surface area contributed by atoms with E-state index in [4.69, 9.17) is 26.0 Å². The number of hydrogen-bond donors (Lipinski definition) is 0. The molecule has 0 saturated carbocycles. The van der Waals surface area contributed by atoms with Crippen LogP contribution in [-0.4, -0.2) is 14.5 Å².